The standard InChI is InChI=1S/C26H19N3O6S/c30-23(31)14-34-17-8-5-15(6-9-17)26-28-13-18(36-26)12-27-24(32)16-7-10-22-20(11-16)29-25(33)19-3-1-2-4-21(19)35-22/h1-11,13H,12,14H2,(H,27,32)(H,29,33)(H,30,31). The molecule has 0 spiro atoms. The summed E-state index contributed by atoms with van der Waals surface area (Å²) >= 11 is 1.43. The molecule has 5 rings (SSSR count). The van der Waals surface area contributed by atoms with Gasteiger partial charge in [0, 0.05) is 22.2 Å². The molecule has 0 atom stereocenters. The molecule has 0 bridgehead atoms. The molecule has 0 radical (unpaired) electrons. The van der Waals surface area contributed by atoms with Gasteiger partial charge in [-0.2, -0.15) is 0 Å². The summed E-state index contributed by atoms with van der Waals surface area (Å²) in [6.07, 6.45) is 1.69. The van der Waals surface area contributed by atoms with Gasteiger partial charge in [0.15, 0.2) is 12.4 Å². The Morgan fingerprint density at radius 2 is 1.86 bits per heavy atom. The van der Waals surface area contributed by atoms with Crippen LogP contribution in [0.4, 0.5) is 5.69 Å². The van der Waals surface area contributed by atoms with Crippen molar-refractivity contribution in [1.82, 2.24) is 10.3 Å². The van der Waals surface area contributed by atoms with Gasteiger partial charge < -0.3 is 25.2 Å². The highest BCUT2D eigenvalue weighted by Gasteiger charge is 2.21. The van der Waals surface area contributed by atoms with Crippen molar-refractivity contribution in [3.05, 3.63) is 88.9 Å². The zero-order chi connectivity index (χ0) is 25.1. The van der Waals surface area contributed by atoms with E-state index in [4.69, 9.17) is 14.6 Å². The summed E-state index contributed by atoms with van der Waals surface area (Å²) in [5.74, 6) is -0.286. The Balaban J connectivity index is 1.22. The highest BCUT2D eigenvalue weighted by Crippen LogP contribution is 2.36. The second-order valence-corrected chi connectivity index (χ2v) is 8.90. The number of aromatic nitrogens is 1. The second-order valence-electron chi connectivity index (χ2n) is 7.78. The van der Waals surface area contributed by atoms with Crippen molar-refractivity contribution in [2.45, 2.75) is 6.54 Å². The zero-order valence-electron chi connectivity index (χ0n) is 18.7. The number of rotatable bonds is 7. The van der Waals surface area contributed by atoms with E-state index in [9.17, 15) is 14.4 Å². The number of carboxylic acid groups (broad SMARTS) is 1. The Bertz CT molecular complexity index is 1460. The van der Waals surface area contributed by atoms with Gasteiger partial charge in [-0.05, 0) is 54.6 Å². The van der Waals surface area contributed by atoms with Gasteiger partial charge in [0.1, 0.15) is 16.5 Å². The van der Waals surface area contributed by atoms with Gasteiger partial charge in [-0.3, -0.25) is 9.59 Å². The number of carbonyl (C=O) groups excluding carboxylic acids is 2. The Morgan fingerprint density at radius 1 is 1.06 bits per heavy atom. The average Bonchev–Trinajstić information content (AvgIpc) is 3.31. The lowest BCUT2D eigenvalue weighted by molar-refractivity contribution is -0.139. The number of carboxylic acids is 1. The largest absolute Gasteiger partial charge is 0.482 e. The second kappa shape index (κ2) is 9.88. The van der Waals surface area contributed by atoms with E-state index in [0.29, 0.717) is 34.1 Å². The minimum absolute atomic E-state index is 0.279. The first-order valence-electron chi connectivity index (χ1n) is 10.9. The molecule has 0 saturated carbocycles. The lowest BCUT2D eigenvalue weighted by atomic mass is 10.1. The number of ether oxygens (including phenoxy) is 2. The van der Waals surface area contributed by atoms with Crippen molar-refractivity contribution in [2.24, 2.45) is 0 Å². The summed E-state index contributed by atoms with van der Waals surface area (Å²) in [5.41, 5.74) is 2.07. The van der Waals surface area contributed by atoms with Gasteiger partial charge in [0.05, 0.1) is 17.8 Å². The number of carbonyl (C=O) groups is 3. The molecule has 3 aromatic carbocycles. The fourth-order valence-electron chi connectivity index (χ4n) is 3.54. The van der Waals surface area contributed by atoms with Crippen LogP contribution in [0, 0.1) is 0 Å². The van der Waals surface area contributed by atoms with E-state index in [2.05, 4.69) is 15.6 Å². The Morgan fingerprint density at radius 3 is 2.67 bits per heavy atom. The van der Waals surface area contributed by atoms with E-state index in [-0.39, 0.29) is 18.4 Å². The Kier molecular flexibility index (Phi) is 6.33. The first-order valence-corrected chi connectivity index (χ1v) is 11.7. The smallest absolute Gasteiger partial charge is 0.341 e. The van der Waals surface area contributed by atoms with Crippen molar-refractivity contribution in [1.29, 1.82) is 0 Å². The first kappa shape index (κ1) is 23.1. The van der Waals surface area contributed by atoms with Crippen LogP contribution in [0.1, 0.15) is 25.6 Å². The van der Waals surface area contributed by atoms with Crippen LogP contribution in [-0.2, 0) is 11.3 Å². The molecular formula is C26H19N3O6S. The molecule has 1 aliphatic heterocycles. The summed E-state index contributed by atoms with van der Waals surface area (Å²) in [7, 11) is 0. The fraction of sp³-hybridized carbons (Fsp3) is 0.0769. The number of fused-ring (bicyclic) bond motifs is 2. The lowest BCUT2D eigenvalue weighted by Gasteiger charge is -2.10. The number of aliphatic carboxylic acids is 1. The van der Waals surface area contributed by atoms with Crippen LogP contribution in [0.15, 0.2) is 72.9 Å². The van der Waals surface area contributed by atoms with Crippen LogP contribution >= 0.6 is 11.3 Å². The molecule has 0 aliphatic carbocycles. The number of nitrogens with zero attached hydrogens (tertiary/aromatic N) is 1. The van der Waals surface area contributed by atoms with Crippen molar-refractivity contribution >= 4 is 34.8 Å². The summed E-state index contributed by atoms with van der Waals surface area (Å²) in [6.45, 7) is -0.126. The van der Waals surface area contributed by atoms with Gasteiger partial charge in [-0.15, -0.1) is 11.3 Å². The average molecular weight is 502 g/mol. The third-order valence-electron chi connectivity index (χ3n) is 5.28. The predicted molar refractivity (Wildman–Crippen MR) is 133 cm³/mol. The maximum absolute atomic E-state index is 12.8. The van der Waals surface area contributed by atoms with Crippen LogP contribution in [0.5, 0.6) is 17.2 Å². The van der Waals surface area contributed by atoms with Crippen LogP contribution in [-0.4, -0.2) is 34.5 Å². The number of nitrogens with one attached hydrogen (secondary N) is 2. The molecule has 36 heavy (non-hydrogen) atoms. The van der Waals surface area contributed by atoms with Gasteiger partial charge in [-0.25, -0.2) is 9.78 Å². The quantitative estimate of drug-likeness (QED) is 0.339. The molecular weight excluding hydrogens is 482 g/mol. The number of hydrogen-bond acceptors (Lipinski definition) is 7. The van der Waals surface area contributed by atoms with E-state index in [1.54, 1.807) is 72.9 Å². The van der Waals surface area contributed by atoms with E-state index >= 15 is 0 Å². The van der Waals surface area contributed by atoms with Crippen molar-refractivity contribution in [2.75, 3.05) is 11.9 Å². The molecule has 1 aliphatic rings. The van der Waals surface area contributed by atoms with E-state index in [0.717, 1.165) is 15.4 Å². The third kappa shape index (κ3) is 5.03. The predicted octanol–water partition coefficient (Wildman–Crippen LogP) is 4.56. The highest BCUT2D eigenvalue weighted by atomic mass is 32.1. The summed E-state index contributed by atoms with van der Waals surface area (Å²) in [4.78, 5) is 41.2. The van der Waals surface area contributed by atoms with Crippen LogP contribution in [0.3, 0.4) is 0 Å². The van der Waals surface area contributed by atoms with E-state index in [1.807, 2.05) is 0 Å². The minimum Gasteiger partial charge on any atom is -0.482 e. The number of amides is 2. The van der Waals surface area contributed by atoms with Crippen LogP contribution in [0.2, 0.25) is 0 Å². The molecule has 10 heteroatoms. The monoisotopic (exact) mass is 501 g/mol. The van der Waals surface area contributed by atoms with Crippen molar-refractivity contribution < 1.29 is 29.0 Å². The highest BCUT2D eigenvalue weighted by molar-refractivity contribution is 7.15. The summed E-state index contributed by atoms with van der Waals surface area (Å²) in [6, 6.07) is 18.8. The molecule has 1 aromatic heterocycles. The number of anilines is 1. The minimum atomic E-state index is -1.04. The maximum atomic E-state index is 12.8. The molecule has 0 saturated heterocycles. The van der Waals surface area contributed by atoms with Gasteiger partial charge in [-0.1, -0.05) is 12.1 Å². The third-order valence-corrected chi connectivity index (χ3v) is 6.33. The Labute approximate surface area is 209 Å². The number of benzene rings is 3. The van der Waals surface area contributed by atoms with E-state index in [1.165, 1.54) is 11.3 Å². The molecule has 2 heterocycles. The SMILES string of the molecule is O=C(O)COc1ccc(-c2ncc(CNC(=O)c3ccc4c(c3)NC(=O)c3ccccc3O4)s2)cc1. The molecule has 2 amide bonds. The summed E-state index contributed by atoms with van der Waals surface area (Å²) in [5, 5.41) is 15.1. The zero-order valence-corrected chi connectivity index (χ0v) is 19.5. The number of hydrogen-bond donors (Lipinski definition) is 3. The molecule has 0 unspecified atom stereocenters. The van der Waals surface area contributed by atoms with Crippen LogP contribution < -0.4 is 20.1 Å². The maximum Gasteiger partial charge on any atom is 0.341 e. The van der Waals surface area contributed by atoms with Gasteiger partial charge >= 0.3 is 5.97 Å². The van der Waals surface area contributed by atoms with Gasteiger partial charge in [0.25, 0.3) is 11.8 Å². The fourth-order valence-corrected chi connectivity index (χ4v) is 4.40. The molecule has 4 aromatic rings. The van der Waals surface area contributed by atoms with Gasteiger partial charge in [0.2, 0.25) is 0 Å². The van der Waals surface area contributed by atoms with E-state index < -0.39 is 12.6 Å². The number of thiazole rings is 1. The molecule has 3 N–H and O–H groups in total. The van der Waals surface area contributed by atoms with Crippen molar-refractivity contribution in [3.63, 3.8) is 0 Å². The lowest BCUT2D eigenvalue weighted by Crippen LogP contribution is -2.22. The molecule has 9 nitrogen and oxygen atoms in total. The number of para-hydroxylation sites is 1. The summed E-state index contributed by atoms with van der Waals surface area (Å²) < 4.78 is 11.0. The first-order chi connectivity index (χ1) is 17.5. The topological polar surface area (TPSA) is 127 Å². The Hall–Kier alpha value is -4.70. The molecule has 180 valence electrons. The normalized spacial score (nSPS) is 11.8. The van der Waals surface area contributed by atoms with Crippen LogP contribution in [0.25, 0.3) is 10.6 Å². The molecule has 0 fully saturated rings. The van der Waals surface area contributed by atoms with Crippen molar-refractivity contribution in [3.8, 4) is 27.8 Å².